The maximum Gasteiger partial charge on any atom is 0.207 e. The molecule has 30 heavy (non-hydrogen) atoms. The molecule has 3 rings (SSSR count). The molecule has 7 heteroatoms. The Kier molecular flexibility index (Phi) is 8.88. The summed E-state index contributed by atoms with van der Waals surface area (Å²) in [5, 5.41) is 0. The van der Waals surface area contributed by atoms with Gasteiger partial charge < -0.3 is 28.4 Å². The Hall–Kier alpha value is -1.73. The van der Waals surface area contributed by atoms with Crippen molar-refractivity contribution in [1.29, 1.82) is 0 Å². The average molecular weight is 427 g/mol. The molecule has 0 amide bonds. The Morgan fingerprint density at radius 1 is 0.800 bits per heavy atom. The van der Waals surface area contributed by atoms with Gasteiger partial charge in [-0.25, -0.2) is 0 Å². The molecule has 2 unspecified atom stereocenters. The molecule has 2 saturated heterocycles. The number of hydrogen-bond donors (Lipinski definition) is 0. The van der Waals surface area contributed by atoms with Crippen LogP contribution in [0.4, 0.5) is 4.39 Å². The Morgan fingerprint density at radius 3 is 1.87 bits per heavy atom. The van der Waals surface area contributed by atoms with Crippen molar-refractivity contribution in [3.63, 3.8) is 0 Å². The summed E-state index contributed by atoms with van der Waals surface area (Å²) >= 11 is 0. The van der Waals surface area contributed by atoms with Crippen molar-refractivity contribution in [3.8, 4) is 23.0 Å². The van der Waals surface area contributed by atoms with Crippen LogP contribution in [-0.4, -0.2) is 46.7 Å². The molecule has 0 spiro atoms. The summed E-state index contributed by atoms with van der Waals surface area (Å²) in [7, 11) is 3.18. The number of unbranched alkanes of at least 4 members (excludes halogenated alkanes) is 1. The lowest BCUT2D eigenvalue weighted by Crippen LogP contribution is -2.27. The number of rotatable bonds is 10. The van der Waals surface area contributed by atoms with Gasteiger partial charge >= 0.3 is 0 Å². The first-order valence-corrected chi connectivity index (χ1v) is 11.1. The van der Waals surface area contributed by atoms with Crippen LogP contribution >= 0.6 is 0 Å². The molecule has 0 N–H and O–H groups in total. The van der Waals surface area contributed by atoms with E-state index in [1.54, 1.807) is 14.2 Å². The van der Waals surface area contributed by atoms with Crippen LogP contribution in [0.3, 0.4) is 0 Å². The Bertz CT molecular complexity index is 668. The summed E-state index contributed by atoms with van der Waals surface area (Å²) in [6.45, 7) is 3.01. The van der Waals surface area contributed by atoms with Crippen LogP contribution in [-0.2, 0) is 15.9 Å². The number of methoxy groups -OCH3 is 2. The normalized spacial score (nSPS) is 21.9. The molecular formula is C23H35FO6. The van der Waals surface area contributed by atoms with E-state index in [2.05, 4.69) is 0 Å². The molecule has 0 aliphatic carbocycles. The Balaban J connectivity index is 2.00. The highest BCUT2D eigenvalue weighted by atomic mass is 19.1. The van der Waals surface area contributed by atoms with Gasteiger partial charge in [-0.2, -0.15) is 0 Å². The van der Waals surface area contributed by atoms with Crippen molar-refractivity contribution in [3.05, 3.63) is 11.1 Å². The molecule has 0 bridgehead atoms. The van der Waals surface area contributed by atoms with Crippen LogP contribution < -0.4 is 18.9 Å². The van der Waals surface area contributed by atoms with Crippen LogP contribution in [0.5, 0.6) is 23.0 Å². The first kappa shape index (κ1) is 22.9. The van der Waals surface area contributed by atoms with E-state index in [4.69, 9.17) is 28.4 Å². The van der Waals surface area contributed by atoms with E-state index in [0.29, 0.717) is 55.5 Å². The van der Waals surface area contributed by atoms with Crippen LogP contribution in [0.25, 0.3) is 0 Å². The van der Waals surface area contributed by atoms with Gasteiger partial charge in [0.1, 0.15) is 0 Å². The molecule has 0 aromatic heterocycles. The minimum Gasteiger partial charge on any atom is -0.490 e. The van der Waals surface area contributed by atoms with Crippen molar-refractivity contribution >= 4 is 0 Å². The standard InChI is InChI=1S/C23H35FO6/c1-16-17(10-4-7-13-24)21(30-19-12-6-9-15-28-19)23(26-3)22(25-2)20(16)29-18-11-5-8-14-27-18/h18-19H,4-15H2,1-3H3. The monoisotopic (exact) mass is 426 g/mol. The van der Waals surface area contributed by atoms with Gasteiger partial charge in [-0.3, -0.25) is 4.39 Å². The lowest BCUT2D eigenvalue weighted by molar-refractivity contribution is -0.109. The van der Waals surface area contributed by atoms with E-state index in [-0.39, 0.29) is 19.3 Å². The zero-order valence-corrected chi connectivity index (χ0v) is 18.5. The number of alkyl halides is 1. The van der Waals surface area contributed by atoms with E-state index in [1.807, 2.05) is 6.92 Å². The number of halogens is 1. The molecule has 2 heterocycles. The molecule has 1 aromatic carbocycles. The molecular weight excluding hydrogens is 391 g/mol. The van der Waals surface area contributed by atoms with Gasteiger partial charge in [0, 0.05) is 24.0 Å². The smallest absolute Gasteiger partial charge is 0.207 e. The highest BCUT2D eigenvalue weighted by molar-refractivity contribution is 5.67. The van der Waals surface area contributed by atoms with Crippen LogP contribution in [0, 0.1) is 6.92 Å². The number of ether oxygens (including phenoxy) is 6. The molecule has 6 nitrogen and oxygen atoms in total. The largest absolute Gasteiger partial charge is 0.490 e. The topological polar surface area (TPSA) is 55.4 Å². The van der Waals surface area contributed by atoms with Gasteiger partial charge in [0.15, 0.2) is 24.1 Å². The fraction of sp³-hybridized carbons (Fsp3) is 0.739. The molecule has 2 aliphatic rings. The summed E-state index contributed by atoms with van der Waals surface area (Å²) in [4.78, 5) is 0. The lowest BCUT2D eigenvalue weighted by Gasteiger charge is -2.30. The SMILES string of the molecule is COc1c(OC2CCCCO2)c(C)c(CCCCF)c(OC2CCCCO2)c1OC. The van der Waals surface area contributed by atoms with Gasteiger partial charge in [-0.05, 0) is 51.9 Å². The third kappa shape index (κ3) is 5.49. The zero-order valence-electron chi connectivity index (χ0n) is 18.5. The fourth-order valence-corrected chi connectivity index (χ4v) is 4.03. The molecule has 2 fully saturated rings. The Labute approximate surface area is 178 Å². The fourth-order valence-electron chi connectivity index (χ4n) is 4.03. The van der Waals surface area contributed by atoms with Gasteiger partial charge in [-0.1, -0.05) is 0 Å². The quantitative estimate of drug-likeness (QED) is 0.484. The van der Waals surface area contributed by atoms with Crippen molar-refractivity contribution in [2.45, 2.75) is 77.3 Å². The van der Waals surface area contributed by atoms with Gasteiger partial charge in [-0.15, -0.1) is 0 Å². The van der Waals surface area contributed by atoms with Crippen LogP contribution in [0.2, 0.25) is 0 Å². The summed E-state index contributed by atoms with van der Waals surface area (Å²) in [6, 6.07) is 0. The van der Waals surface area contributed by atoms with E-state index >= 15 is 0 Å². The minimum absolute atomic E-state index is 0.316. The predicted octanol–water partition coefficient (Wildman–Crippen LogP) is 5.12. The zero-order chi connectivity index (χ0) is 21.3. The highest BCUT2D eigenvalue weighted by Crippen LogP contribution is 2.51. The number of hydrogen-bond acceptors (Lipinski definition) is 6. The van der Waals surface area contributed by atoms with E-state index in [0.717, 1.165) is 49.7 Å². The summed E-state index contributed by atoms with van der Waals surface area (Å²) in [5.74, 6) is 2.19. The molecule has 1 aromatic rings. The molecule has 0 saturated carbocycles. The van der Waals surface area contributed by atoms with E-state index in [1.165, 1.54) is 0 Å². The van der Waals surface area contributed by atoms with Crippen molar-refractivity contribution in [2.75, 3.05) is 34.1 Å². The minimum atomic E-state index is -0.340. The third-order valence-electron chi connectivity index (χ3n) is 5.68. The second kappa shape index (κ2) is 11.6. The molecule has 2 aliphatic heterocycles. The van der Waals surface area contributed by atoms with Crippen molar-refractivity contribution < 1.29 is 32.8 Å². The predicted molar refractivity (Wildman–Crippen MR) is 112 cm³/mol. The van der Waals surface area contributed by atoms with Gasteiger partial charge in [0.25, 0.3) is 0 Å². The highest BCUT2D eigenvalue weighted by Gasteiger charge is 2.30. The third-order valence-corrected chi connectivity index (χ3v) is 5.68. The lowest BCUT2D eigenvalue weighted by atomic mass is 9.99. The second-order valence-corrected chi connectivity index (χ2v) is 7.80. The van der Waals surface area contributed by atoms with Crippen LogP contribution in [0.1, 0.15) is 62.5 Å². The Morgan fingerprint density at radius 2 is 1.37 bits per heavy atom. The maximum absolute atomic E-state index is 12.8. The van der Waals surface area contributed by atoms with Gasteiger partial charge in [0.2, 0.25) is 11.5 Å². The second-order valence-electron chi connectivity index (χ2n) is 7.80. The molecule has 170 valence electrons. The first-order chi connectivity index (χ1) is 14.7. The average Bonchev–Trinajstić information content (AvgIpc) is 2.78. The van der Waals surface area contributed by atoms with Gasteiger partial charge in [0.05, 0.1) is 34.1 Å². The molecule has 0 radical (unpaired) electrons. The van der Waals surface area contributed by atoms with E-state index < -0.39 is 0 Å². The summed E-state index contributed by atoms with van der Waals surface area (Å²) < 4.78 is 48.4. The van der Waals surface area contributed by atoms with Crippen LogP contribution in [0.15, 0.2) is 0 Å². The molecule has 2 atom stereocenters. The maximum atomic E-state index is 12.8. The summed E-state index contributed by atoms with van der Waals surface area (Å²) in [6.07, 6.45) is 7.06. The number of benzene rings is 1. The summed E-state index contributed by atoms with van der Waals surface area (Å²) in [5.41, 5.74) is 1.85. The van der Waals surface area contributed by atoms with E-state index in [9.17, 15) is 4.39 Å². The van der Waals surface area contributed by atoms with Crippen molar-refractivity contribution in [2.24, 2.45) is 0 Å². The first-order valence-electron chi connectivity index (χ1n) is 11.1. The van der Waals surface area contributed by atoms with Crippen molar-refractivity contribution in [1.82, 2.24) is 0 Å².